The molecule has 6 heteroatoms. The number of nitrogens with zero attached hydrogens (tertiary/aromatic N) is 3. The summed E-state index contributed by atoms with van der Waals surface area (Å²) in [5.74, 6) is 0.512. The van der Waals surface area contributed by atoms with Crippen molar-refractivity contribution in [1.82, 2.24) is 4.98 Å². The fourth-order valence-corrected chi connectivity index (χ4v) is 3.39. The van der Waals surface area contributed by atoms with E-state index in [0.717, 1.165) is 18.9 Å². The van der Waals surface area contributed by atoms with E-state index in [4.69, 9.17) is 0 Å². The van der Waals surface area contributed by atoms with Crippen LogP contribution in [0.15, 0.2) is 42.6 Å². The maximum Gasteiger partial charge on any atom is 0.260 e. The standard InChI is InChI=1S/C19H20N4O2.C3H8/c24-18-13-23(16-7-3-2-6-15(16)21-18)19(25)14-8-9-17(20-12-14)22-10-4-1-5-11-22;1-3-2/h2-3,6-9,12H,1,4-5,10-11,13H2,(H,21,24);3H2,1-2H3. The van der Waals surface area contributed by atoms with Crippen molar-refractivity contribution in [2.45, 2.75) is 39.5 Å². The normalized spacial score (nSPS) is 15.9. The fraction of sp³-hybridized carbons (Fsp3) is 0.409. The van der Waals surface area contributed by atoms with E-state index in [2.05, 4.69) is 29.0 Å². The highest BCUT2D eigenvalue weighted by Crippen LogP contribution is 2.30. The number of carbonyl (C=O) groups excluding carboxylic acids is 2. The van der Waals surface area contributed by atoms with Gasteiger partial charge in [0.15, 0.2) is 0 Å². The van der Waals surface area contributed by atoms with E-state index in [-0.39, 0.29) is 18.4 Å². The molecule has 1 fully saturated rings. The molecule has 28 heavy (non-hydrogen) atoms. The Hall–Kier alpha value is -2.89. The van der Waals surface area contributed by atoms with Crippen molar-refractivity contribution in [3.63, 3.8) is 0 Å². The molecule has 1 N–H and O–H groups in total. The molecule has 148 valence electrons. The maximum absolute atomic E-state index is 12.9. The Balaban J connectivity index is 0.000000706. The Bertz CT molecular complexity index is 814. The molecule has 4 rings (SSSR count). The van der Waals surface area contributed by atoms with Crippen LogP contribution in [0.1, 0.15) is 49.9 Å². The van der Waals surface area contributed by atoms with Crippen molar-refractivity contribution in [1.29, 1.82) is 0 Å². The summed E-state index contributed by atoms with van der Waals surface area (Å²) < 4.78 is 0. The van der Waals surface area contributed by atoms with Crippen LogP contribution in [0.3, 0.4) is 0 Å². The van der Waals surface area contributed by atoms with Gasteiger partial charge in [-0.05, 0) is 43.5 Å². The number of nitrogens with one attached hydrogen (secondary N) is 1. The van der Waals surface area contributed by atoms with Crippen molar-refractivity contribution in [3.05, 3.63) is 48.2 Å². The van der Waals surface area contributed by atoms with E-state index < -0.39 is 0 Å². The minimum atomic E-state index is -0.208. The lowest BCUT2D eigenvalue weighted by molar-refractivity contribution is -0.115. The highest BCUT2D eigenvalue weighted by Gasteiger charge is 2.27. The monoisotopic (exact) mass is 380 g/mol. The van der Waals surface area contributed by atoms with Gasteiger partial charge in [0.1, 0.15) is 12.4 Å². The Kier molecular flexibility index (Phi) is 6.63. The van der Waals surface area contributed by atoms with Crippen LogP contribution in [0.25, 0.3) is 0 Å². The minimum absolute atomic E-state index is 0.0176. The molecule has 2 amide bonds. The molecule has 3 heterocycles. The van der Waals surface area contributed by atoms with Crippen LogP contribution in [-0.2, 0) is 4.79 Å². The smallest absolute Gasteiger partial charge is 0.260 e. The number of benzene rings is 1. The summed E-state index contributed by atoms with van der Waals surface area (Å²) in [7, 11) is 0. The second-order valence-electron chi connectivity index (χ2n) is 7.12. The van der Waals surface area contributed by atoms with Crippen molar-refractivity contribution < 1.29 is 9.59 Å². The maximum atomic E-state index is 12.9. The van der Waals surface area contributed by atoms with E-state index in [1.165, 1.54) is 30.6 Å². The average molecular weight is 380 g/mol. The summed E-state index contributed by atoms with van der Waals surface area (Å²) in [5.41, 5.74) is 1.86. The first-order valence-electron chi connectivity index (χ1n) is 10.1. The van der Waals surface area contributed by atoms with Gasteiger partial charge in [-0.3, -0.25) is 14.5 Å². The van der Waals surface area contributed by atoms with Crippen molar-refractivity contribution in [2.24, 2.45) is 0 Å². The third kappa shape index (κ3) is 4.50. The molecule has 0 aliphatic carbocycles. The van der Waals surface area contributed by atoms with Gasteiger partial charge in [-0.25, -0.2) is 4.98 Å². The van der Waals surface area contributed by atoms with E-state index >= 15 is 0 Å². The van der Waals surface area contributed by atoms with Crippen molar-refractivity contribution >= 4 is 29.0 Å². The van der Waals surface area contributed by atoms with E-state index in [1.807, 2.05) is 24.3 Å². The Morgan fingerprint density at radius 2 is 1.79 bits per heavy atom. The highest BCUT2D eigenvalue weighted by atomic mass is 16.2. The van der Waals surface area contributed by atoms with Gasteiger partial charge < -0.3 is 10.2 Å². The molecular formula is C22H28N4O2. The number of amides is 2. The molecule has 2 aliphatic heterocycles. The van der Waals surface area contributed by atoms with Crippen LogP contribution in [0, 0.1) is 0 Å². The summed E-state index contributed by atoms with van der Waals surface area (Å²) in [6, 6.07) is 11.0. The van der Waals surface area contributed by atoms with Gasteiger partial charge in [0, 0.05) is 19.3 Å². The molecule has 0 radical (unpaired) electrons. The van der Waals surface area contributed by atoms with Gasteiger partial charge in [-0.15, -0.1) is 0 Å². The lowest BCUT2D eigenvalue weighted by Gasteiger charge is -2.29. The predicted molar refractivity (Wildman–Crippen MR) is 113 cm³/mol. The molecule has 0 saturated carbocycles. The van der Waals surface area contributed by atoms with Gasteiger partial charge in [0.2, 0.25) is 5.91 Å². The number of rotatable bonds is 2. The Morgan fingerprint density at radius 1 is 1.07 bits per heavy atom. The topological polar surface area (TPSA) is 65.5 Å². The molecule has 0 spiro atoms. The SMILES string of the molecule is CCC.O=C1CN(C(=O)c2ccc(N3CCCCC3)nc2)c2ccccc2N1. The highest BCUT2D eigenvalue weighted by molar-refractivity contribution is 6.15. The second-order valence-corrected chi connectivity index (χ2v) is 7.12. The third-order valence-corrected chi connectivity index (χ3v) is 4.69. The lowest BCUT2D eigenvalue weighted by Crippen LogP contribution is -2.42. The molecule has 1 aromatic carbocycles. The molecule has 0 unspecified atom stereocenters. The zero-order chi connectivity index (χ0) is 19.9. The first-order chi connectivity index (χ1) is 13.6. The summed E-state index contributed by atoms with van der Waals surface area (Å²) in [5, 5.41) is 2.79. The summed E-state index contributed by atoms with van der Waals surface area (Å²) in [4.78, 5) is 33.0. The molecule has 0 atom stereocenters. The molecule has 6 nitrogen and oxygen atoms in total. The van der Waals surface area contributed by atoms with Crippen LogP contribution in [0.4, 0.5) is 17.2 Å². The quantitative estimate of drug-likeness (QED) is 0.852. The number of para-hydroxylation sites is 2. The number of pyridine rings is 1. The van der Waals surface area contributed by atoms with Gasteiger partial charge in [0.05, 0.1) is 16.9 Å². The number of piperidine rings is 1. The zero-order valence-corrected chi connectivity index (χ0v) is 16.6. The first kappa shape index (κ1) is 19.9. The molecule has 0 bridgehead atoms. The largest absolute Gasteiger partial charge is 0.357 e. The van der Waals surface area contributed by atoms with Crippen molar-refractivity contribution in [3.8, 4) is 0 Å². The third-order valence-electron chi connectivity index (χ3n) is 4.69. The predicted octanol–water partition coefficient (Wildman–Crippen LogP) is 4.09. The van der Waals surface area contributed by atoms with Gasteiger partial charge in [-0.2, -0.15) is 0 Å². The Labute approximate surface area is 166 Å². The number of fused-ring (bicyclic) bond motifs is 1. The number of carbonyl (C=O) groups is 2. The average Bonchev–Trinajstić information content (AvgIpc) is 2.74. The molecule has 2 aromatic rings. The van der Waals surface area contributed by atoms with E-state index in [0.29, 0.717) is 16.9 Å². The number of hydrogen-bond donors (Lipinski definition) is 1. The number of aromatic nitrogens is 1. The van der Waals surface area contributed by atoms with Gasteiger partial charge in [-0.1, -0.05) is 32.4 Å². The summed E-state index contributed by atoms with van der Waals surface area (Å²) in [6.07, 6.45) is 6.50. The van der Waals surface area contributed by atoms with Gasteiger partial charge in [0.25, 0.3) is 5.91 Å². The number of hydrogen-bond acceptors (Lipinski definition) is 4. The molecule has 2 aliphatic rings. The van der Waals surface area contributed by atoms with E-state index in [9.17, 15) is 9.59 Å². The van der Waals surface area contributed by atoms with Crippen LogP contribution in [0.2, 0.25) is 0 Å². The van der Waals surface area contributed by atoms with Crippen LogP contribution in [0.5, 0.6) is 0 Å². The number of anilines is 3. The zero-order valence-electron chi connectivity index (χ0n) is 16.6. The molecular weight excluding hydrogens is 352 g/mol. The minimum Gasteiger partial charge on any atom is -0.357 e. The van der Waals surface area contributed by atoms with Crippen LogP contribution in [-0.4, -0.2) is 36.4 Å². The summed E-state index contributed by atoms with van der Waals surface area (Å²) in [6.45, 7) is 6.30. The van der Waals surface area contributed by atoms with Crippen LogP contribution >= 0.6 is 0 Å². The molecule has 1 aromatic heterocycles. The fourth-order valence-electron chi connectivity index (χ4n) is 3.39. The van der Waals surface area contributed by atoms with Gasteiger partial charge >= 0.3 is 0 Å². The van der Waals surface area contributed by atoms with Crippen LogP contribution < -0.4 is 15.1 Å². The lowest BCUT2D eigenvalue weighted by atomic mass is 10.1. The molecule has 1 saturated heterocycles. The summed E-state index contributed by atoms with van der Waals surface area (Å²) >= 11 is 0. The Morgan fingerprint density at radius 3 is 2.46 bits per heavy atom. The van der Waals surface area contributed by atoms with E-state index in [1.54, 1.807) is 18.3 Å². The first-order valence-corrected chi connectivity index (χ1v) is 10.1. The second kappa shape index (κ2) is 9.35. The van der Waals surface area contributed by atoms with Crippen molar-refractivity contribution in [2.75, 3.05) is 34.8 Å².